The second-order valence-corrected chi connectivity index (χ2v) is 3.34. The maximum Gasteiger partial charge on any atom is 0.0868 e. The van der Waals surface area contributed by atoms with E-state index in [-0.39, 0.29) is 0 Å². The number of nitrogens with one attached hydrogen (secondary N) is 1. The van der Waals surface area contributed by atoms with Crippen molar-refractivity contribution in [3.8, 4) is 6.07 Å². The van der Waals surface area contributed by atoms with Crippen molar-refractivity contribution in [3.63, 3.8) is 0 Å². The first-order chi connectivity index (χ1) is 6.26. The summed E-state index contributed by atoms with van der Waals surface area (Å²) in [5.41, 5.74) is 0. The summed E-state index contributed by atoms with van der Waals surface area (Å²) in [6.07, 6.45) is 2.23. The Morgan fingerprint density at radius 2 is 2.23 bits per heavy atom. The van der Waals surface area contributed by atoms with Crippen molar-refractivity contribution in [1.29, 1.82) is 5.26 Å². The summed E-state index contributed by atoms with van der Waals surface area (Å²) in [6, 6.07) is 2.74. The average Bonchev–Trinajstić information content (AvgIpc) is 2.16. The molecule has 0 saturated carbocycles. The van der Waals surface area contributed by atoms with Gasteiger partial charge in [0.25, 0.3) is 0 Å². The second kappa shape index (κ2) is 8.03. The average molecular weight is 183 g/mol. The van der Waals surface area contributed by atoms with E-state index in [0.29, 0.717) is 12.6 Å². The topological polar surface area (TPSA) is 39.1 Å². The molecule has 13 heavy (non-hydrogen) atoms. The third-order valence-corrected chi connectivity index (χ3v) is 2.36. The predicted molar refractivity (Wildman–Crippen MR) is 55.5 cm³/mol. The zero-order chi connectivity index (χ0) is 10.1. The fourth-order valence-corrected chi connectivity index (χ4v) is 1.26. The SMILES string of the molecule is CCC(C)N(CC#N)CCCNC. The lowest BCUT2D eigenvalue weighted by Crippen LogP contribution is -2.34. The van der Waals surface area contributed by atoms with Gasteiger partial charge in [0.2, 0.25) is 0 Å². The molecule has 0 aliphatic rings. The molecule has 0 amide bonds. The highest BCUT2D eigenvalue weighted by Crippen LogP contribution is 2.02. The molecule has 0 rings (SSSR count). The monoisotopic (exact) mass is 183 g/mol. The van der Waals surface area contributed by atoms with Crippen LogP contribution >= 0.6 is 0 Å². The third-order valence-electron chi connectivity index (χ3n) is 2.36. The van der Waals surface area contributed by atoms with Gasteiger partial charge in [-0.15, -0.1) is 0 Å². The summed E-state index contributed by atoms with van der Waals surface area (Å²) in [4.78, 5) is 2.23. The summed E-state index contributed by atoms with van der Waals surface area (Å²) >= 11 is 0. The van der Waals surface area contributed by atoms with Gasteiger partial charge in [-0.3, -0.25) is 4.90 Å². The Morgan fingerprint density at radius 1 is 1.54 bits per heavy atom. The zero-order valence-corrected chi connectivity index (χ0v) is 9.01. The van der Waals surface area contributed by atoms with Crippen molar-refractivity contribution in [1.82, 2.24) is 10.2 Å². The largest absolute Gasteiger partial charge is 0.320 e. The molecule has 0 fully saturated rings. The van der Waals surface area contributed by atoms with E-state index >= 15 is 0 Å². The van der Waals surface area contributed by atoms with E-state index in [1.54, 1.807) is 0 Å². The van der Waals surface area contributed by atoms with Crippen LogP contribution in [0.2, 0.25) is 0 Å². The molecule has 1 unspecified atom stereocenters. The molecule has 3 nitrogen and oxygen atoms in total. The summed E-state index contributed by atoms with van der Waals surface area (Å²) in [6.45, 7) is 6.93. The number of rotatable bonds is 7. The van der Waals surface area contributed by atoms with Gasteiger partial charge in [-0.2, -0.15) is 5.26 Å². The molecule has 3 heteroatoms. The van der Waals surface area contributed by atoms with Gasteiger partial charge >= 0.3 is 0 Å². The number of hydrogen-bond acceptors (Lipinski definition) is 3. The van der Waals surface area contributed by atoms with E-state index < -0.39 is 0 Å². The van der Waals surface area contributed by atoms with Crippen LogP contribution in [0.1, 0.15) is 26.7 Å². The minimum Gasteiger partial charge on any atom is -0.320 e. The lowest BCUT2D eigenvalue weighted by Gasteiger charge is -2.25. The van der Waals surface area contributed by atoms with Crippen molar-refractivity contribution in [3.05, 3.63) is 0 Å². The first-order valence-corrected chi connectivity index (χ1v) is 5.01. The molecule has 0 aromatic heterocycles. The van der Waals surface area contributed by atoms with Crippen molar-refractivity contribution in [2.75, 3.05) is 26.7 Å². The Morgan fingerprint density at radius 3 is 2.69 bits per heavy atom. The van der Waals surface area contributed by atoms with Gasteiger partial charge in [-0.25, -0.2) is 0 Å². The minimum atomic E-state index is 0.525. The van der Waals surface area contributed by atoms with E-state index in [1.165, 1.54) is 0 Å². The summed E-state index contributed by atoms with van der Waals surface area (Å²) in [5, 5.41) is 11.7. The predicted octanol–water partition coefficient (Wildman–Crippen LogP) is 1.22. The maximum atomic E-state index is 8.63. The normalized spacial score (nSPS) is 12.8. The second-order valence-electron chi connectivity index (χ2n) is 3.34. The van der Waals surface area contributed by atoms with Crippen LogP contribution in [0.15, 0.2) is 0 Å². The lowest BCUT2D eigenvalue weighted by atomic mass is 10.2. The molecule has 0 aromatic carbocycles. The third kappa shape index (κ3) is 5.62. The molecule has 0 aromatic rings. The van der Waals surface area contributed by atoms with Crippen LogP contribution in [0.3, 0.4) is 0 Å². The summed E-state index contributed by atoms with van der Waals surface area (Å²) in [5.74, 6) is 0. The maximum absolute atomic E-state index is 8.63. The molecular formula is C10H21N3. The Hall–Kier alpha value is -0.590. The van der Waals surface area contributed by atoms with Gasteiger partial charge in [0.1, 0.15) is 0 Å². The highest BCUT2D eigenvalue weighted by molar-refractivity contribution is 4.79. The molecule has 1 atom stereocenters. The molecule has 0 radical (unpaired) electrons. The number of nitriles is 1. The van der Waals surface area contributed by atoms with E-state index in [9.17, 15) is 0 Å². The van der Waals surface area contributed by atoms with Crippen molar-refractivity contribution < 1.29 is 0 Å². The van der Waals surface area contributed by atoms with E-state index in [0.717, 1.165) is 25.9 Å². The van der Waals surface area contributed by atoms with Crippen molar-refractivity contribution >= 4 is 0 Å². The van der Waals surface area contributed by atoms with Gasteiger partial charge in [-0.1, -0.05) is 6.92 Å². The number of hydrogen-bond donors (Lipinski definition) is 1. The lowest BCUT2D eigenvalue weighted by molar-refractivity contribution is 0.226. The van der Waals surface area contributed by atoms with Crippen LogP contribution in [0.25, 0.3) is 0 Å². The van der Waals surface area contributed by atoms with Gasteiger partial charge in [0.05, 0.1) is 12.6 Å². The fraction of sp³-hybridized carbons (Fsp3) is 0.900. The van der Waals surface area contributed by atoms with Crippen LogP contribution in [-0.2, 0) is 0 Å². The van der Waals surface area contributed by atoms with E-state index in [4.69, 9.17) is 5.26 Å². The van der Waals surface area contributed by atoms with Crippen LogP contribution in [0, 0.1) is 11.3 Å². The molecule has 76 valence electrons. The standard InChI is InChI=1S/C10H21N3/c1-4-10(2)13(9-6-11)8-5-7-12-3/h10,12H,4-5,7-9H2,1-3H3. The number of nitrogens with zero attached hydrogens (tertiary/aromatic N) is 2. The van der Waals surface area contributed by atoms with Crippen LogP contribution in [0.4, 0.5) is 0 Å². The molecule has 1 N–H and O–H groups in total. The quantitative estimate of drug-likeness (QED) is 0.476. The van der Waals surface area contributed by atoms with Crippen molar-refractivity contribution in [2.45, 2.75) is 32.7 Å². The Labute approximate surface area is 81.7 Å². The smallest absolute Gasteiger partial charge is 0.0868 e. The molecular weight excluding hydrogens is 162 g/mol. The Balaban J connectivity index is 3.74. The van der Waals surface area contributed by atoms with Crippen LogP contribution < -0.4 is 5.32 Å². The molecule has 0 aliphatic heterocycles. The molecule has 0 heterocycles. The molecule has 0 saturated heterocycles. The summed E-state index contributed by atoms with van der Waals surface area (Å²) in [7, 11) is 1.96. The molecule has 0 bridgehead atoms. The van der Waals surface area contributed by atoms with E-state index in [2.05, 4.69) is 30.1 Å². The molecule has 0 spiro atoms. The Kier molecular flexibility index (Phi) is 7.66. The van der Waals surface area contributed by atoms with Gasteiger partial charge in [0.15, 0.2) is 0 Å². The highest BCUT2D eigenvalue weighted by atomic mass is 15.1. The van der Waals surface area contributed by atoms with Gasteiger partial charge in [0, 0.05) is 12.6 Å². The first-order valence-electron chi connectivity index (χ1n) is 5.01. The zero-order valence-electron chi connectivity index (χ0n) is 9.01. The molecule has 0 aliphatic carbocycles. The van der Waals surface area contributed by atoms with Gasteiger partial charge in [-0.05, 0) is 33.4 Å². The highest BCUT2D eigenvalue weighted by Gasteiger charge is 2.10. The minimum absolute atomic E-state index is 0.525. The van der Waals surface area contributed by atoms with E-state index in [1.807, 2.05) is 7.05 Å². The van der Waals surface area contributed by atoms with Crippen molar-refractivity contribution in [2.24, 2.45) is 0 Å². The van der Waals surface area contributed by atoms with Gasteiger partial charge < -0.3 is 5.32 Å². The van der Waals surface area contributed by atoms with Crippen LogP contribution in [-0.4, -0.2) is 37.6 Å². The fourth-order valence-electron chi connectivity index (χ4n) is 1.26. The van der Waals surface area contributed by atoms with Crippen LogP contribution in [0.5, 0.6) is 0 Å². The Bertz CT molecular complexity index is 151. The summed E-state index contributed by atoms with van der Waals surface area (Å²) < 4.78 is 0. The first kappa shape index (κ1) is 12.4.